The molecule has 2 unspecified atom stereocenters. The molecule has 0 radical (unpaired) electrons. The van der Waals surface area contributed by atoms with E-state index in [0.717, 1.165) is 5.54 Å². The van der Waals surface area contributed by atoms with Crippen LogP contribution in [0.1, 0.15) is 13.3 Å². The van der Waals surface area contributed by atoms with Gasteiger partial charge in [-0.1, -0.05) is 19.1 Å². The summed E-state index contributed by atoms with van der Waals surface area (Å²) in [6.45, 7) is 9.91. The molecule has 0 heterocycles. The molecule has 0 aliphatic rings. The van der Waals surface area contributed by atoms with Crippen molar-refractivity contribution in [3.05, 3.63) is 25.3 Å². The molecule has 0 rings (SSSR count). The van der Waals surface area contributed by atoms with Gasteiger partial charge >= 0.3 is 0 Å². The van der Waals surface area contributed by atoms with Crippen molar-refractivity contribution in [2.75, 3.05) is 0 Å². The van der Waals surface area contributed by atoms with E-state index in [1.54, 1.807) is 0 Å². The third kappa shape index (κ3) is 3.85. The summed E-state index contributed by atoms with van der Waals surface area (Å²) in [6, 6.07) is 0. The number of allylic oxidation sites excluding steroid dienone is 2. The fraction of sp³-hybridized carbons (Fsp3) is 0.500. The van der Waals surface area contributed by atoms with Crippen LogP contribution in [0.5, 0.6) is 0 Å². The van der Waals surface area contributed by atoms with Crippen molar-refractivity contribution in [1.29, 1.82) is 0 Å². The van der Waals surface area contributed by atoms with Gasteiger partial charge in [0.25, 0.3) is 0 Å². The summed E-state index contributed by atoms with van der Waals surface area (Å²) >= 11 is 0. The zero-order chi connectivity index (χ0) is 8.20. The summed E-state index contributed by atoms with van der Waals surface area (Å²) in [4.78, 5) is 0. The highest BCUT2D eigenvalue weighted by Gasteiger charge is 2.14. The van der Waals surface area contributed by atoms with Gasteiger partial charge in [-0.05, 0) is 17.0 Å². The molecule has 0 aromatic heterocycles. The molecule has 0 N–H and O–H groups in total. The molecule has 0 saturated carbocycles. The second-order valence-electron chi connectivity index (χ2n) is 3.61. The minimum absolute atomic E-state index is 0.431. The van der Waals surface area contributed by atoms with Crippen molar-refractivity contribution in [3.63, 3.8) is 0 Å². The number of rotatable bonds is 4. The third-order valence-corrected chi connectivity index (χ3v) is 3.50. The Morgan fingerprint density at radius 2 is 2.10 bits per heavy atom. The molecular formula is C8H18Si2. The maximum atomic E-state index is 3.84. The van der Waals surface area contributed by atoms with Crippen molar-refractivity contribution in [1.82, 2.24) is 0 Å². The Morgan fingerprint density at radius 1 is 1.60 bits per heavy atom. The highest BCUT2D eigenvalue weighted by molar-refractivity contribution is 6.18. The molecular weight excluding hydrogens is 152 g/mol. The van der Waals surface area contributed by atoms with E-state index in [4.69, 9.17) is 0 Å². The van der Waals surface area contributed by atoms with Gasteiger partial charge in [0.2, 0.25) is 0 Å². The van der Waals surface area contributed by atoms with E-state index < -0.39 is 0 Å². The maximum Gasteiger partial charge on any atom is 0.0151 e. The average Bonchev–Trinajstić information content (AvgIpc) is 1.87. The third-order valence-electron chi connectivity index (χ3n) is 1.80. The monoisotopic (exact) mass is 170 g/mol. The van der Waals surface area contributed by atoms with Crippen LogP contribution in [-0.2, 0) is 0 Å². The van der Waals surface area contributed by atoms with Gasteiger partial charge in [0.1, 0.15) is 0 Å². The van der Waals surface area contributed by atoms with Crippen molar-refractivity contribution in [2.24, 2.45) is 0 Å². The molecule has 0 aliphatic carbocycles. The topological polar surface area (TPSA) is 0 Å². The van der Waals surface area contributed by atoms with E-state index in [1.807, 2.05) is 0 Å². The molecule has 58 valence electrons. The Hall–Kier alpha value is -0.0862. The lowest BCUT2D eigenvalue weighted by molar-refractivity contribution is 0.683. The van der Waals surface area contributed by atoms with Crippen LogP contribution < -0.4 is 0 Å². The molecule has 0 fully saturated rings. The summed E-state index contributed by atoms with van der Waals surface area (Å²) in [5, 5.41) is 0.431. The van der Waals surface area contributed by atoms with Crippen LogP contribution in [0.25, 0.3) is 0 Å². The lowest BCUT2D eigenvalue weighted by Crippen LogP contribution is -2.06. The molecule has 0 bridgehead atoms. The number of hydrogen-bond acceptors (Lipinski definition) is 0. The molecule has 10 heavy (non-hydrogen) atoms. The van der Waals surface area contributed by atoms with Crippen LogP contribution in [0.4, 0.5) is 0 Å². The first-order valence-corrected chi connectivity index (χ1v) is 5.93. The lowest BCUT2D eigenvalue weighted by Gasteiger charge is -2.22. The molecule has 0 nitrogen and oxygen atoms in total. The molecule has 0 aliphatic heterocycles. The fourth-order valence-corrected chi connectivity index (χ4v) is 3.51. The van der Waals surface area contributed by atoms with Crippen molar-refractivity contribution < 1.29 is 0 Å². The summed E-state index contributed by atoms with van der Waals surface area (Å²) in [7, 11) is 2.44. The van der Waals surface area contributed by atoms with E-state index in [1.165, 1.54) is 26.9 Å². The van der Waals surface area contributed by atoms with Gasteiger partial charge in [0.05, 0.1) is 0 Å². The maximum absolute atomic E-state index is 3.84. The Bertz CT molecular complexity index is 127. The van der Waals surface area contributed by atoms with Crippen LogP contribution in [0.2, 0.25) is 10.6 Å². The van der Waals surface area contributed by atoms with E-state index in [9.17, 15) is 0 Å². The lowest BCUT2D eigenvalue weighted by atomic mass is 10.0. The summed E-state index contributed by atoms with van der Waals surface area (Å²) in [6.07, 6.45) is 5.43. The molecule has 0 amide bonds. The predicted octanol–water partition coefficient (Wildman–Crippen LogP) is 0.446. The Morgan fingerprint density at radius 3 is 2.40 bits per heavy atom. The second kappa shape index (κ2) is 3.93. The number of hydrogen-bond donors (Lipinski definition) is 0. The molecule has 0 spiro atoms. The van der Waals surface area contributed by atoms with Gasteiger partial charge in [-0.15, -0.1) is 13.2 Å². The summed E-state index contributed by atoms with van der Waals surface area (Å²) < 4.78 is 0. The standard InChI is InChI=1S/C8H18Si2/c1-4-7(9)6-8(3,10)5-2/h4-5,7H,1-2,6H2,3,9-10H3. The normalized spacial score (nSPS) is 19.7. The average molecular weight is 170 g/mol. The van der Waals surface area contributed by atoms with Crippen LogP contribution in [0.15, 0.2) is 25.3 Å². The van der Waals surface area contributed by atoms with E-state index in [-0.39, 0.29) is 0 Å². The van der Waals surface area contributed by atoms with Crippen LogP contribution in [0.3, 0.4) is 0 Å². The minimum Gasteiger partial charge on any atom is -0.103 e. The van der Waals surface area contributed by atoms with Crippen molar-refractivity contribution >= 4 is 20.5 Å². The van der Waals surface area contributed by atoms with Gasteiger partial charge in [-0.3, -0.25) is 0 Å². The van der Waals surface area contributed by atoms with Crippen LogP contribution in [0, 0.1) is 0 Å². The second-order valence-corrected chi connectivity index (χ2v) is 7.38. The largest absolute Gasteiger partial charge is 0.103 e. The summed E-state index contributed by atoms with van der Waals surface area (Å²) in [5.41, 5.74) is 0.764. The van der Waals surface area contributed by atoms with E-state index >= 15 is 0 Å². The Kier molecular flexibility index (Phi) is 3.90. The SMILES string of the molecule is C=CC([SiH3])CC(C)([SiH3])C=C. The van der Waals surface area contributed by atoms with Gasteiger partial charge < -0.3 is 0 Å². The first kappa shape index (κ1) is 9.91. The Balaban J connectivity index is 3.86. The van der Waals surface area contributed by atoms with Crippen molar-refractivity contribution in [3.8, 4) is 0 Å². The molecule has 2 atom stereocenters. The molecule has 0 aromatic rings. The first-order chi connectivity index (χ1) is 4.52. The van der Waals surface area contributed by atoms with E-state index in [2.05, 4.69) is 32.2 Å². The highest BCUT2D eigenvalue weighted by atomic mass is 28.1. The van der Waals surface area contributed by atoms with Gasteiger partial charge in [0, 0.05) is 20.5 Å². The predicted molar refractivity (Wildman–Crippen MR) is 57.0 cm³/mol. The van der Waals surface area contributed by atoms with Gasteiger partial charge in [-0.25, -0.2) is 0 Å². The van der Waals surface area contributed by atoms with E-state index in [0.29, 0.717) is 5.04 Å². The fourth-order valence-electron chi connectivity index (χ4n) is 0.997. The zero-order valence-corrected chi connectivity index (χ0v) is 11.4. The smallest absolute Gasteiger partial charge is 0.0151 e. The first-order valence-electron chi connectivity index (χ1n) is 3.78. The van der Waals surface area contributed by atoms with Crippen LogP contribution in [-0.4, -0.2) is 20.5 Å². The molecule has 0 saturated heterocycles. The molecule has 2 heteroatoms. The highest BCUT2D eigenvalue weighted by Crippen LogP contribution is 2.32. The summed E-state index contributed by atoms with van der Waals surface area (Å²) in [5.74, 6) is 0. The van der Waals surface area contributed by atoms with Gasteiger partial charge in [0.15, 0.2) is 0 Å². The Labute approximate surface area is 70.3 Å². The van der Waals surface area contributed by atoms with Crippen LogP contribution >= 0.6 is 0 Å². The quantitative estimate of drug-likeness (QED) is 0.424. The molecule has 0 aromatic carbocycles. The van der Waals surface area contributed by atoms with Crippen molar-refractivity contribution in [2.45, 2.75) is 23.9 Å². The van der Waals surface area contributed by atoms with Gasteiger partial charge in [-0.2, -0.15) is 0 Å². The zero-order valence-electron chi connectivity index (χ0n) is 7.35. The minimum atomic E-state index is 0.431.